The van der Waals surface area contributed by atoms with E-state index in [0.29, 0.717) is 16.7 Å². The quantitative estimate of drug-likeness (QED) is 0.640. The van der Waals surface area contributed by atoms with Gasteiger partial charge >= 0.3 is 0 Å². The van der Waals surface area contributed by atoms with Gasteiger partial charge in [-0.15, -0.1) is 0 Å². The van der Waals surface area contributed by atoms with Crippen molar-refractivity contribution in [3.8, 4) is 11.1 Å². The van der Waals surface area contributed by atoms with Crippen molar-refractivity contribution in [2.24, 2.45) is 0 Å². The van der Waals surface area contributed by atoms with E-state index in [4.69, 9.17) is 27.9 Å². The second kappa shape index (κ2) is 6.62. The topological polar surface area (TPSA) is 46.5 Å². The van der Waals surface area contributed by atoms with Gasteiger partial charge in [0.2, 0.25) is 0 Å². The maximum Gasteiger partial charge on any atom is 0.198 e. The van der Waals surface area contributed by atoms with Crippen LogP contribution in [0.2, 0.25) is 10.0 Å². The van der Waals surface area contributed by atoms with Crippen LogP contribution in [0.4, 0.5) is 4.39 Å². The summed E-state index contributed by atoms with van der Waals surface area (Å²) in [5.74, 6) is -1.09. The zero-order valence-electron chi connectivity index (χ0n) is 15.4. The van der Waals surface area contributed by atoms with E-state index in [1.54, 1.807) is 58.0 Å². The maximum atomic E-state index is 14.3. The van der Waals surface area contributed by atoms with Crippen LogP contribution in [-0.2, 0) is 9.53 Å². The summed E-state index contributed by atoms with van der Waals surface area (Å²) >= 11 is 12.2. The Hall–Kier alpha value is -1.88. The molecule has 1 N–H and O–H groups in total. The minimum atomic E-state index is -1.14. The lowest BCUT2D eigenvalue weighted by molar-refractivity contribution is -0.158. The standard InChI is InChI=1S/C21H19Cl2FO3/c1-20(2)18(25)17(19(26)21(3,4)27-20)14-9-11(5-8-15(14)23)13-7-6-12(22)10-16(13)24/h5-10,25H,1-4H3. The van der Waals surface area contributed by atoms with Crippen LogP contribution < -0.4 is 0 Å². The molecule has 0 spiro atoms. The van der Waals surface area contributed by atoms with E-state index in [9.17, 15) is 14.3 Å². The highest BCUT2D eigenvalue weighted by Crippen LogP contribution is 2.42. The van der Waals surface area contributed by atoms with Crippen LogP contribution in [0.1, 0.15) is 33.3 Å². The highest BCUT2D eigenvalue weighted by Gasteiger charge is 2.47. The van der Waals surface area contributed by atoms with Gasteiger partial charge in [0.15, 0.2) is 5.78 Å². The molecule has 0 amide bonds. The molecule has 0 aliphatic carbocycles. The molecule has 3 nitrogen and oxygen atoms in total. The van der Waals surface area contributed by atoms with Crippen molar-refractivity contribution in [2.45, 2.75) is 38.9 Å². The van der Waals surface area contributed by atoms with Crippen LogP contribution in [0.5, 0.6) is 0 Å². The van der Waals surface area contributed by atoms with Gasteiger partial charge in [-0.3, -0.25) is 4.79 Å². The molecule has 27 heavy (non-hydrogen) atoms. The molecule has 2 aromatic rings. The molecule has 0 unspecified atom stereocenters. The fourth-order valence-electron chi connectivity index (χ4n) is 3.30. The molecule has 6 heteroatoms. The number of halogens is 3. The first-order valence-corrected chi connectivity index (χ1v) is 9.13. The fraction of sp³-hybridized carbons (Fsp3) is 0.286. The van der Waals surface area contributed by atoms with Crippen LogP contribution in [0.3, 0.4) is 0 Å². The number of carbonyl (C=O) groups excluding carboxylic acids is 1. The number of benzene rings is 2. The molecule has 2 aromatic carbocycles. The van der Waals surface area contributed by atoms with Crippen molar-refractivity contribution >= 4 is 34.6 Å². The Morgan fingerprint density at radius 3 is 2.26 bits per heavy atom. The van der Waals surface area contributed by atoms with E-state index in [-0.39, 0.29) is 21.4 Å². The van der Waals surface area contributed by atoms with Crippen molar-refractivity contribution in [1.82, 2.24) is 0 Å². The second-order valence-electron chi connectivity index (χ2n) is 7.49. The molecule has 1 aliphatic heterocycles. The first-order chi connectivity index (χ1) is 12.4. The average molecular weight is 409 g/mol. The molecule has 0 atom stereocenters. The van der Waals surface area contributed by atoms with E-state index in [1.807, 2.05) is 0 Å². The summed E-state index contributed by atoms with van der Waals surface area (Å²) in [6.45, 7) is 6.63. The molecule has 0 bridgehead atoms. The molecule has 0 fully saturated rings. The maximum absolute atomic E-state index is 14.3. The number of ether oxygens (including phenoxy) is 1. The Labute approximate surface area is 167 Å². The van der Waals surface area contributed by atoms with Gasteiger partial charge in [0, 0.05) is 21.2 Å². The Kier molecular flexibility index (Phi) is 4.87. The third-order valence-electron chi connectivity index (χ3n) is 4.57. The summed E-state index contributed by atoms with van der Waals surface area (Å²) in [5, 5.41) is 11.3. The van der Waals surface area contributed by atoms with Crippen molar-refractivity contribution in [3.63, 3.8) is 0 Å². The Morgan fingerprint density at radius 2 is 1.63 bits per heavy atom. The van der Waals surface area contributed by atoms with Crippen molar-refractivity contribution in [1.29, 1.82) is 0 Å². The molecule has 3 rings (SSSR count). The first-order valence-electron chi connectivity index (χ1n) is 8.38. The number of aliphatic hydroxyl groups is 1. The van der Waals surface area contributed by atoms with Gasteiger partial charge < -0.3 is 9.84 Å². The van der Waals surface area contributed by atoms with Crippen molar-refractivity contribution in [3.05, 3.63) is 63.6 Å². The minimum absolute atomic E-state index is 0.0810. The van der Waals surface area contributed by atoms with Crippen molar-refractivity contribution in [2.75, 3.05) is 0 Å². The first kappa shape index (κ1) is 19.9. The predicted molar refractivity (Wildman–Crippen MR) is 106 cm³/mol. The number of hydrogen-bond acceptors (Lipinski definition) is 3. The monoisotopic (exact) mass is 408 g/mol. The van der Waals surface area contributed by atoms with E-state index in [0.717, 1.165) is 0 Å². The van der Waals surface area contributed by atoms with Crippen LogP contribution >= 0.6 is 23.2 Å². The third kappa shape index (κ3) is 3.49. The van der Waals surface area contributed by atoms with Crippen LogP contribution in [-0.4, -0.2) is 22.1 Å². The summed E-state index contributed by atoms with van der Waals surface area (Å²) in [6.07, 6.45) is 0. The second-order valence-corrected chi connectivity index (χ2v) is 8.34. The summed E-state index contributed by atoms with van der Waals surface area (Å²) < 4.78 is 20.1. The summed E-state index contributed by atoms with van der Waals surface area (Å²) in [7, 11) is 0. The Morgan fingerprint density at radius 1 is 0.963 bits per heavy atom. The van der Waals surface area contributed by atoms with Gasteiger partial charge in [-0.2, -0.15) is 0 Å². The molecular formula is C21H19Cl2FO3. The van der Waals surface area contributed by atoms with Gasteiger partial charge in [-0.1, -0.05) is 29.3 Å². The molecule has 142 valence electrons. The number of Topliss-reactive ketones (excluding diaryl/α,β-unsaturated/α-hetero) is 1. The number of aliphatic hydroxyl groups excluding tert-OH is 1. The molecule has 0 saturated carbocycles. The van der Waals surface area contributed by atoms with Crippen LogP contribution in [0.15, 0.2) is 42.2 Å². The number of rotatable bonds is 2. The van der Waals surface area contributed by atoms with Crippen LogP contribution in [0.25, 0.3) is 16.7 Å². The van der Waals surface area contributed by atoms with Gasteiger partial charge in [0.05, 0.1) is 5.57 Å². The molecule has 1 heterocycles. The van der Waals surface area contributed by atoms with Crippen molar-refractivity contribution < 1.29 is 19.0 Å². The minimum Gasteiger partial charge on any atom is -0.508 e. The lowest BCUT2D eigenvalue weighted by Crippen LogP contribution is -2.49. The SMILES string of the molecule is CC1(C)OC(C)(C)C(O)=C(c2cc(-c3ccc(Cl)cc3F)ccc2Cl)C1=O. The fourth-order valence-corrected chi connectivity index (χ4v) is 3.67. The average Bonchev–Trinajstić information content (AvgIpc) is 2.55. The number of ketones is 1. The van der Waals surface area contributed by atoms with Gasteiger partial charge in [-0.05, 0) is 63.6 Å². The summed E-state index contributed by atoms with van der Waals surface area (Å²) in [5.41, 5.74) is -0.977. The highest BCUT2D eigenvalue weighted by molar-refractivity contribution is 6.36. The van der Waals surface area contributed by atoms with E-state index in [2.05, 4.69) is 0 Å². The van der Waals surface area contributed by atoms with Gasteiger partial charge in [-0.25, -0.2) is 4.39 Å². The van der Waals surface area contributed by atoms with E-state index < -0.39 is 22.8 Å². The summed E-state index contributed by atoms with van der Waals surface area (Å²) in [4.78, 5) is 13.0. The smallest absolute Gasteiger partial charge is 0.198 e. The predicted octanol–water partition coefficient (Wildman–Crippen LogP) is 6.23. The highest BCUT2D eigenvalue weighted by atomic mass is 35.5. The van der Waals surface area contributed by atoms with Crippen LogP contribution in [0, 0.1) is 5.82 Å². The normalized spacial score (nSPS) is 18.7. The zero-order chi connectivity index (χ0) is 20.1. The molecule has 0 radical (unpaired) electrons. The Balaban J connectivity index is 2.24. The Bertz CT molecular complexity index is 977. The number of hydrogen-bond donors (Lipinski definition) is 1. The zero-order valence-corrected chi connectivity index (χ0v) is 16.9. The van der Waals surface area contributed by atoms with E-state index in [1.165, 1.54) is 6.07 Å². The molecular weight excluding hydrogens is 390 g/mol. The molecule has 0 saturated heterocycles. The van der Waals surface area contributed by atoms with Gasteiger partial charge in [0.1, 0.15) is 22.8 Å². The lowest BCUT2D eigenvalue weighted by Gasteiger charge is -2.40. The largest absolute Gasteiger partial charge is 0.508 e. The van der Waals surface area contributed by atoms with E-state index >= 15 is 0 Å². The van der Waals surface area contributed by atoms with Gasteiger partial charge in [0.25, 0.3) is 0 Å². The molecule has 1 aliphatic rings. The molecule has 0 aromatic heterocycles. The lowest BCUT2D eigenvalue weighted by atomic mass is 9.82. The summed E-state index contributed by atoms with van der Waals surface area (Å²) in [6, 6.07) is 9.16. The number of carbonyl (C=O) groups is 1. The third-order valence-corrected chi connectivity index (χ3v) is 5.13.